The summed E-state index contributed by atoms with van der Waals surface area (Å²) < 4.78 is 78.6. The highest BCUT2D eigenvalue weighted by atomic mass is 32.2. The molecule has 23 heteroatoms. The minimum absolute atomic E-state index is 0.0204. The van der Waals surface area contributed by atoms with Crippen molar-refractivity contribution in [3.63, 3.8) is 0 Å². The second-order valence-electron chi connectivity index (χ2n) is 20.2. The summed E-state index contributed by atoms with van der Waals surface area (Å²) in [5, 5.41) is 6.89. The van der Waals surface area contributed by atoms with Gasteiger partial charge in [-0.15, -0.1) is 0 Å². The number of likely N-dealkylation sites (tertiary alicyclic amines) is 1. The Labute approximate surface area is 379 Å². The van der Waals surface area contributed by atoms with Gasteiger partial charge in [0.05, 0.1) is 30.4 Å². The second kappa shape index (κ2) is 17.4. The van der Waals surface area contributed by atoms with Crippen LogP contribution in [0.2, 0.25) is 0 Å². The van der Waals surface area contributed by atoms with E-state index in [1.165, 1.54) is 4.90 Å². The fourth-order valence-electron chi connectivity index (χ4n) is 6.85. The molecule has 1 saturated heterocycles. The Morgan fingerprint density at radius 3 is 1.89 bits per heavy atom. The van der Waals surface area contributed by atoms with Gasteiger partial charge in [-0.05, 0) is 121 Å². The molecule has 3 atom stereocenters. The summed E-state index contributed by atoms with van der Waals surface area (Å²) in [5.74, 6) is -1.90. The molecule has 5 amide bonds. The highest BCUT2D eigenvalue weighted by Crippen LogP contribution is 2.42. The van der Waals surface area contributed by atoms with Crippen LogP contribution in [0.25, 0.3) is 10.8 Å². The molecule has 360 valence electrons. The SMILES string of the molecule is CC1(OS(=O)(=O)NC(=O)C2(N)CC2)CC1.COc1ccc2c(O[C@@H]3C[C@@H](C(=O)NC4(C(=O)NS(=O)(=O)OC5(C)CC5)CC4)N(C(=O)[C@@H](NC(=O)OC(C)(C)C)C(C)(C)C)C3)nccc2c1. The standard InChI is InChI=1S/C34H47N5O10S.C8H14N2O4S/c1-31(2,3)25(36-30(43)48-32(4,5)6)28(41)39-19-22(47-27-23-10-9-21(46-8)17-20(23)11-16-35-27)18-24(39)26(40)37-34(14-15-34)29(42)38-50(44,45)49-33(7)12-13-33;1-7(2-3-7)14-15(12,13)10-6(11)8(9)4-5-8/h9-11,16-17,22,24-25H,12-15,18-19H2,1-8H3,(H,36,43)(H,37,40)(H,38,42);2-5,9H2,1H3,(H,10,11)/t22-,24+,25-;/m1./s1. The maximum atomic E-state index is 14.3. The molecule has 2 heterocycles. The molecule has 1 aromatic heterocycles. The average Bonchev–Trinajstić information content (AvgIpc) is 4.08. The summed E-state index contributed by atoms with van der Waals surface area (Å²) in [5.41, 5.74) is -0.0719. The Hall–Kier alpha value is -4.84. The Bertz CT molecular complexity index is 2440. The van der Waals surface area contributed by atoms with E-state index < -0.39 is 102 Å². The summed E-state index contributed by atoms with van der Waals surface area (Å²) in [6.07, 6.45) is 3.96. The molecule has 21 nitrogen and oxygen atoms in total. The van der Waals surface area contributed by atoms with Crippen LogP contribution >= 0.6 is 0 Å². The van der Waals surface area contributed by atoms with E-state index >= 15 is 0 Å². The van der Waals surface area contributed by atoms with Gasteiger partial charge in [-0.3, -0.25) is 19.2 Å². The topological polar surface area (TPSA) is 290 Å². The number of carbonyl (C=O) groups is 5. The second-order valence-corrected chi connectivity index (χ2v) is 22.8. The fraction of sp³-hybridized carbons (Fsp3) is 0.667. The largest absolute Gasteiger partial charge is 0.497 e. The van der Waals surface area contributed by atoms with Gasteiger partial charge in [0, 0.05) is 18.0 Å². The number of aromatic nitrogens is 1. The highest BCUT2D eigenvalue weighted by Gasteiger charge is 2.56. The number of nitrogens with one attached hydrogen (secondary N) is 4. The molecule has 5 aliphatic rings. The minimum Gasteiger partial charge on any atom is -0.497 e. The molecule has 2 aromatic rings. The van der Waals surface area contributed by atoms with Gasteiger partial charge in [0.15, 0.2) is 0 Å². The van der Waals surface area contributed by atoms with E-state index in [4.69, 9.17) is 28.3 Å². The van der Waals surface area contributed by atoms with Crippen LogP contribution in [0.15, 0.2) is 30.5 Å². The first-order valence-corrected chi connectivity index (χ1v) is 24.3. The first-order chi connectivity index (χ1) is 29.9. The van der Waals surface area contributed by atoms with E-state index in [0.29, 0.717) is 49.7 Å². The number of nitrogens with zero attached hydrogens (tertiary/aromatic N) is 2. The van der Waals surface area contributed by atoms with Crippen LogP contribution in [0.4, 0.5) is 4.79 Å². The number of benzene rings is 1. The number of nitrogens with two attached hydrogens (primary N) is 1. The molecule has 1 aromatic carbocycles. The lowest BCUT2D eigenvalue weighted by Crippen LogP contribution is -2.60. The van der Waals surface area contributed by atoms with Crippen LogP contribution in [0.3, 0.4) is 0 Å². The van der Waals surface area contributed by atoms with Crippen molar-refractivity contribution in [2.75, 3.05) is 13.7 Å². The Morgan fingerprint density at radius 1 is 0.831 bits per heavy atom. The van der Waals surface area contributed by atoms with Crippen LogP contribution in [-0.4, -0.2) is 116 Å². The fourth-order valence-corrected chi connectivity index (χ4v) is 9.18. The van der Waals surface area contributed by atoms with Crippen molar-refractivity contribution in [3.05, 3.63) is 30.5 Å². The van der Waals surface area contributed by atoms with E-state index in [0.717, 1.165) is 5.39 Å². The highest BCUT2D eigenvalue weighted by molar-refractivity contribution is 7.85. The van der Waals surface area contributed by atoms with E-state index in [1.54, 1.807) is 86.9 Å². The lowest BCUT2D eigenvalue weighted by Gasteiger charge is -2.36. The van der Waals surface area contributed by atoms with Crippen molar-refractivity contribution in [2.45, 2.75) is 159 Å². The van der Waals surface area contributed by atoms with Crippen molar-refractivity contribution in [1.82, 2.24) is 30.0 Å². The van der Waals surface area contributed by atoms with Crippen LogP contribution in [0.1, 0.15) is 113 Å². The van der Waals surface area contributed by atoms with Gasteiger partial charge in [0.1, 0.15) is 35.1 Å². The normalized spacial score (nSPS) is 22.5. The predicted octanol–water partition coefficient (Wildman–Crippen LogP) is 2.52. The molecule has 0 unspecified atom stereocenters. The molecule has 4 saturated carbocycles. The number of alkyl carbamates (subject to hydrolysis) is 1. The molecule has 4 aliphatic carbocycles. The van der Waals surface area contributed by atoms with Gasteiger partial charge in [-0.2, -0.15) is 16.8 Å². The zero-order chi connectivity index (χ0) is 48.2. The smallest absolute Gasteiger partial charge is 0.408 e. The zero-order valence-corrected chi connectivity index (χ0v) is 39.8. The van der Waals surface area contributed by atoms with Crippen LogP contribution in [0, 0.1) is 5.41 Å². The lowest BCUT2D eigenvalue weighted by atomic mass is 9.85. The summed E-state index contributed by atoms with van der Waals surface area (Å²) in [6.45, 7) is 13.7. The quantitative estimate of drug-likeness (QED) is 0.171. The molecule has 7 rings (SSSR count). The monoisotopic (exact) mass is 951 g/mol. The van der Waals surface area contributed by atoms with Crippen LogP contribution in [-0.2, 0) is 52.9 Å². The number of fused-ring (bicyclic) bond motifs is 1. The summed E-state index contributed by atoms with van der Waals surface area (Å²) >= 11 is 0. The van der Waals surface area contributed by atoms with Crippen molar-refractivity contribution < 1.29 is 63.4 Å². The minimum atomic E-state index is -4.42. The summed E-state index contributed by atoms with van der Waals surface area (Å²) in [7, 11) is -6.85. The van der Waals surface area contributed by atoms with Crippen molar-refractivity contribution in [1.29, 1.82) is 0 Å². The molecule has 65 heavy (non-hydrogen) atoms. The van der Waals surface area contributed by atoms with E-state index in [-0.39, 0.29) is 31.7 Å². The third-order valence-corrected chi connectivity index (χ3v) is 13.7. The number of methoxy groups -OCH3 is 1. The van der Waals surface area contributed by atoms with Gasteiger partial charge in [0.25, 0.3) is 11.8 Å². The number of pyridine rings is 1. The Balaban J connectivity index is 0.000000392. The maximum absolute atomic E-state index is 14.3. The number of ether oxygens (including phenoxy) is 3. The number of carbonyl (C=O) groups excluding carboxylic acids is 5. The van der Waals surface area contributed by atoms with Gasteiger partial charge in [-0.25, -0.2) is 27.6 Å². The van der Waals surface area contributed by atoms with Crippen LogP contribution in [0.5, 0.6) is 11.6 Å². The lowest BCUT2D eigenvalue weighted by molar-refractivity contribution is -0.143. The van der Waals surface area contributed by atoms with Crippen LogP contribution < -0.4 is 35.3 Å². The number of hydrogen-bond acceptors (Lipinski definition) is 16. The summed E-state index contributed by atoms with van der Waals surface area (Å²) in [4.78, 5) is 71.5. The van der Waals surface area contributed by atoms with Gasteiger partial charge in [-0.1, -0.05) is 20.8 Å². The number of hydrogen-bond donors (Lipinski definition) is 5. The molecule has 0 spiro atoms. The van der Waals surface area contributed by atoms with Gasteiger partial charge < -0.3 is 35.5 Å². The third-order valence-electron chi connectivity index (χ3n) is 11.6. The molecule has 0 bridgehead atoms. The van der Waals surface area contributed by atoms with Crippen molar-refractivity contribution in [2.24, 2.45) is 11.1 Å². The predicted molar refractivity (Wildman–Crippen MR) is 233 cm³/mol. The van der Waals surface area contributed by atoms with E-state index in [9.17, 15) is 40.8 Å². The average molecular weight is 952 g/mol. The molecular formula is C42H61N7O14S2. The van der Waals surface area contributed by atoms with Gasteiger partial charge in [0.2, 0.25) is 17.7 Å². The third kappa shape index (κ3) is 13.0. The molecular weight excluding hydrogens is 891 g/mol. The van der Waals surface area contributed by atoms with E-state index in [1.807, 2.05) is 15.5 Å². The Morgan fingerprint density at radius 2 is 1.40 bits per heavy atom. The molecule has 1 aliphatic heterocycles. The maximum Gasteiger partial charge on any atom is 0.408 e. The zero-order valence-electron chi connectivity index (χ0n) is 38.2. The van der Waals surface area contributed by atoms with Crippen molar-refractivity contribution >= 4 is 61.1 Å². The molecule has 0 radical (unpaired) electrons. The summed E-state index contributed by atoms with van der Waals surface area (Å²) in [6, 6.07) is 4.95. The first-order valence-electron chi connectivity index (χ1n) is 21.4. The number of rotatable bonds is 15. The molecule has 5 fully saturated rings. The first kappa shape index (κ1) is 49.6. The Kier molecular flexibility index (Phi) is 13.3. The van der Waals surface area contributed by atoms with Gasteiger partial charge >= 0.3 is 26.7 Å². The van der Waals surface area contributed by atoms with E-state index in [2.05, 4.69) is 15.6 Å². The van der Waals surface area contributed by atoms with Crippen molar-refractivity contribution in [3.8, 4) is 11.6 Å². The molecule has 6 N–H and O–H groups in total. The number of amides is 5.